The molecule has 1 heterocycles. The summed E-state index contributed by atoms with van der Waals surface area (Å²) in [5.41, 5.74) is 2.68. The average Bonchev–Trinajstić information content (AvgIpc) is 2.82. The summed E-state index contributed by atoms with van der Waals surface area (Å²) >= 11 is 0. The van der Waals surface area contributed by atoms with Gasteiger partial charge in [0.2, 0.25) is 6.29 Å². The lowest BCUT2D eigenvalue weighted by Gasteiger charge is -2.40. The molecule has 1 aliphatic heterocycles. The normalized spacial score (nSPS) is 24.1. The fraction of sp³-hybridized carbons (Fsp3) is 0.607. The van der Waals surface area contributed by atoms with E-state index in [4.69, 9.17) is 9.47 Å². The van der Waals surface area contributed by atoms with Gasteiger partial charge in [0.1, 0.15) is 23.2 Å². The Morgan fingerprint density at radius 2 is 1.81 bits per heavy atom. The molecule has 9 nitrogen and oxygen atoms in total. The van der Waals surface area contributed by atoms with Gasteiger partial charge < -0.3 is 40.1 Å². The van der Waals surface area contributed by atoms with E-state index in [2.05, 4.69) is 6.08 Å². The second kappa shape index (κ2) is 14.5. The predicted molar refractivity (Wildman–Crippen MR) is 139 cm³/mol. The number of hydrogen-bond acceptors (Lipinski definition) is 8. The summed E-state index contributed by atoms with van der Waals surface area (Å²) in [5, 5.41) is 61.1. The van der Waals surface area contributed by atoms with Crippen molar-refractivity contribution in [1.29, 1.82) is 0 Å². The van der Waals surface area contributed by atoms with Crippen molar-refractivity contribution in [3.63, 3.8) is 0 Å². The zero-order valence-electron chi connectivity index (χ0n) is 22.2. The van der Waals surface area contributed by atoms with Crippen LogP contribution >= 0.6 is 0 Å². The van der Waals surface area contributed by atoms with Crippen molar-refractivity contribution in [2.75, 3.05) is 6.61 Å². The number of benzene rings is 1. The van der Waals surface area contributed by atoms with E-state index in [0.717, 1.165) is 31.3 Å². The summed E-state index contributed by atoms with van der Waals surface area (Å²) < 4.78 is 11.3. The standard InChI is InChI=1S/C28H42O9/c1-5-6-7-11-18-14-21(36-28-20(15-29)24(31)25(32)27(35)37-28)19(23(30)22(18)26(33)34)13-12-17(4)10-8-9-16(2)3/h9,12,14,20,24-25,27-32,35H,5-8,10-11,13,15H2,1-4H3,(H,33,34)/b17-12+/t20-,24-,25+,27+,28?/m1/s1. The van der Waals surface area contributed by atoms with Crippen LogP contribution in [0.1, 0.15) is 81.3 Å². The molecule has 5 atom stereocenters. The van der Waals surface area contributed by atoms with E-state index >= 15 is 0 Å². The largest absolute Gasteiger partial charge is 0.507 e. The molecule has 9 heteroatoms. The second-order valence-corrected chi connectivity index (χ2v) is 9.91. The molecule has 0 aliphatic carbocycles. The van der Waals surface area contributed by atoms with Crippen molar-refractivity contribution in [3.05, 3.63) is 46.1 Å². The van der Waals surface area contributed by atoms with E-state index in [1.165, 1.54) is 5.57 Å². The Bertz CT molecular complexity index is 965. The number of hydrogen-bond donors (Lipinski definition) is 6. The summed E-state index contributed by atoms with van der Waals surface area (Å²) in [6.45, 7) is 7.43. The molecule has 2 rings (SSSR count). The van der Waals surface area contributed by atoms with Crippen LogP contribution in [0.4, 0.5) is 0 Å². The van der Waals surface area contributed by atoms with Gasteiger partial charge in [-0.3, -0.25) is 0 Å². The Hall–Kier alpha value is -2.43. The molecule has 1 aromatic carbocycles. The van der Waals surface area contributed by atoms with Gasteiger partial charge in [-0.25, -0.2) is 4.79 Å². The molecule has 1 fully saturated rings. The van der Waals surface area contributed by atoms with Gasteiger partial charge in [0.25, 0.3) is 0 Å². The Balaban J connectivity index is 2.51. The summed E-state index contributed by atoms with van der Waals surface area (Å²) in [6, 6.07) is 1.54. The highest BCUT2D eigenvalue weighted by molar-refractivity contribution is 5.93. The number of aliphatic hydroxyl groups is 4. The number of aryl methyl sites for hydroxylation is 1. The monoisotopic (exact) mass is 522 g/mol. The molecule has 0 saturated carbocycles. The van der Waals surface area contributed by atoms with Crippen molar-refractivity contribution in [2.24, 2.45) is 5.92 Å². The minimum Gasteiger partial charge on any atom is -0.507 e. The highest BCUT2D eigenvalue weighted by atomic mass is 16.7. The van der Waals surface area contributed by atoms with Gasteiger partial charge in [0.05, 0.1) is 18.6 Å². The molecule has 0 bridgehead atoms. The molecule has 1 aromatic rings. The first kappa shape index (κ1) is 30.8. The predicted octanol–water partition coefficient (Wildman–Crippen LogP) is 3.44. The van der Waals surface area contributed by atoms with Crippen molar-refractivity contribution in [2.45, 2.75) is 97.4 Å². The van der Waals surface area contributed by atoms with E-state index in [-0.39, 0.29) is 23.3 Å². The number of rotatable bonds is 13. The number of carboxylic acid groups (broad SMARTS) is 1. The van der Waals surface area contributed by atoms with Crippen LogP contribution in [0.5, 0.6) is 11.5 Å². The number of aliphatic hydroxyl groups excluding tert-OH is 4. The van der Waals surface area contributed by atoms with Gasteiger partial charge in [-0.05, 0) is 64.5 Å². The van der Waals surface area contributed by atoms with Gasteiger partial charge in [-0.2, -0.15) is 0 Å². The zero-order chi connectivity index (χ0) is 27.7. The molecular formula is C28H42O9. The SMILES string of the molecule is CCCCCc1cc(OC2O[C@H](O)[C@@H](O)[C@H](O)[C@H]2CO)c(C/C=C(\C)CCC=C(C)C)c(O)c1C(=O)O. The molecule has 0 radical (unpaired) electrons. The van der Waals surface area contributed by atoms with Crippen molar-refractivity contribution < 1.29 is 44.9 Å². The number of aromatic hydroxyl groups is 1. The smallest absolute Gasteiger partial charge is 0.339 e. The third kappa shape index (κ3) is 8.28. The third-order valence-electron chi connectivity index (χ3n) is 6.61. The molecular weight excluding hydrogens is 480 g/mol. The first-order chi connectivity index (χ1) is 17.5. The van der Waals surface area contributed by atoms with Gasteiger partial charge in [-0.1, -0.05) is 43.1 Å². The van der Waals surface area contributed by atoms with Crippen LogP contribution in [0.15, 0.2) is 29.4 Å². The minimum absolute atomic E-state index is 0.126. The van der Waals surface area contributed by atoms with Crippen LogP contribution < -0.4 is 4.74 Å². The Kier molecular flexibility index (Phi) is 12.1. The summed E-state index contributed by atoms with van der Waals surface area (Å²) in [4.78, 5) is 12.1. The zero-order valence-corrected chi connectivity index (χ0v) is 22.2. The maximum Gasteiger partial charge on any atom is 0.339 e. The Labute approximate surface area is 218 Å². The number of carbonyl (C=O) groups is 1. The third-order valence-corrected chi connectivity index (χ3v) is 6.61. The molecule has 37 heavy (non-hydrogen) atoms. The molecule has 208 valence electrons. The Morgan fingerprint density at radius 3 is 2.41 bits per heavy atom. The fourth-order valence-corrected chi connectivity index (χ4v) is 4.34. The number of allylic oxidation sites excluding steroid dienone is 4. The summed E-state index contributed by atoms with van der Waals surface area (Å²) in [5.74, 6) is -2.63. The maximum absolute atomic E-state index is 12.1. The van der Waals surface area contributed by atoms with E-state index in [9.17, 15) is 35.4 Å². The number of aromatic carboxylic acids is 1. The lowest BCUT2D eigenvalue weighted by Crippen LogP contribution is -2.57. The quantitative estimate of drug-likeness (QED) is 0.169. The van der Waals surface area contributed by atoms with Crippen LogP contribution in [0.3, 0.4) is 0 Å². The van der Waals surface area contributed by atoms with E-state index < -0.39 is 49.0 Å². The first-order valence-corrected chi connectivity index (χ1v) is 12.9. The number of unbranched alkanes of at least 4 members (excludes halogenated alkanes) is 2. The van der Waals surface area contributed by atoms with Gasteiger partial charge in [0.15, 0.2) is 6.29 Å². The van der Waals surface area contributed by atoms with E-state index in [0.29, 0.717) is 18.4 Å². The van der Waals surface area contributed by atoms with Crippen molar-refractivity contribution in [3.8, 4) is 11.5 Å². The van der Waals surface area contributed by atoms with Gasteiger partial charge in [-0.15, -0.1) is 0 Å². The highest BCUT2D eigenvalue weighted by Gasteiger charge is 2.45. The molecule has 0 amide bonds. The molecule has 0 spiro atoms. The van der Waals surface area contributed by atoms with Crippen LogP contribution in [0, 0.1) is 5.92 Å². The topological polar surface area (TPSA) is 157 Å². The maximum atomic E-state index is 12.1. The molecule has 1 unspecified atom stereocenters. The van der Waals surface area contributed by atoms with Gasteiger partial charge in [0, 0.05) is 5.56 Å². The lowest BCUT2D eigenvalue weighted by atomic mass is 9.93. The van der Waals surface area contributed by atoms with Crippen LogP contribution in [0.2, 0.25) is 0 Å². The van der Waals surface area contributed by atoms with Crippen LogP contribution in [0.25, 0.3) is 0 Å². The Morgan fingerprint density at radius 1 is 1.11 bits per heavy atom. The minimum atomic E-state index is -1.75. The summed E-state index contributed by atoms with van der Waals surface area (Å²) in [6.07, 6.45) is 2.49. The van der Waals surface area contributed by atoms with Crippen molar-refractivity contribution >= 4 is 5.97 Å². The number of phenols is 1. The molecule has 6 N–H and O–H groups in total. The van der Waals surface area contributed by atoms with Crippen LogP contribution in [-0.4, -0.2) is 68.0 Å². The fourth-order valence-electron chi connectivity index (χ4n) is 4.34. The molecule has 1 aliphatic rings. The van der Waals surface area contributed by atoms with E-state index in [1.54, 1.807) is 6.07 Å². The average molecular weight is 523 g/mol. The van der Waals surface area contributed by atoms with E-state index in [1.807, 2.05) is 33.8 Å². The van der Waals surface area contributed by atoms with Gasteiger partial charge >= 0.3 is 5.97 Å². The number of ether oxygens (including phenoxy) is 2. The summed E-state index contributed by atoms with van der Waals surface area (Å²) in [7, 11) is 0. The number of carboxylic acids is 1. The van der Waals surface area contributed by atoms with Crippen molar-refractivity contribution in [1.82, 2.24) is 0 Å². The first-order valence-electron chi connectivity index (χ1n) is 12.9. The molecule has 1 saturated heterocycles. The lowest BCUT2D eigenvalue weighted by molar-refractivity contribution is -0.312. The molecule has 0 aromatic heterocycles. The van der Waals surface area contributed by atoms with Crippen LogP contribution in [-0.2, 0) is 17.6 Å². The second-order valence-electron chi connectivity index (χ2n) is 9.91. The highest BCUT2D eigenvalue weighted by Crippen LogP contribution is 2.38.